The summed E-state index contributed by atoms with van der Waals surface area (Å²) in [5.41, 5.74) is 7.15. The van der Waals surface area contributed by atoms with Crippen molar-refractivity contribution < 1.29 is 8.78 Å². The zero-order valence-electron chi connectivity index (χ0n) is 7.81. The largest absolute Gasteiger partial charge is 0.324 e. The minimum absolute atomic E-state index is 0.334. The summed E-state index contributed by atoms with van der Waals surface area (Å²) < 4.78 is 24.1. The maximum Gasteiger partial charge on any atom is 0.240 e. The summed E-state index contributed by atoms with van der Waals surface area (Å²) in [6.45, 7) is 1.85. The van der Waals surface area contributed by atoms with E-state index < -0.39 is 12.5 Å². The molecule has 1 aromatic rings. The number of alkyl halides is 2. The summed E-state index contributed by atoms with van der Waals surface area (Å²) in [6.07, 6.45) is -2.72. The van der Waals surface area contributed by atoms with Crippen molar-refractivity contribution in [1.29, 1.82) is 0 Å². The summed E-state index contributed by atoms with van der Waals surface area (Å²) >= 11 is 5.85. The Kier molecular flexibility index (Phi) is 3.84. The van der Waals surface area contributed by atoms with E-state index in [-0.39, 0.29) is 6.42 Å². The predicted octanol–water partition coefficient (Wildman–Crippen LogP) is 3.30. The Morgan fingerprint density at radius 2 is 2.07 bits per heavy atom. The zero-order chi connectivity index (χ0) is 10.7. The van der Waals surface area contributed by atoms with Crippen LogP contribution in [-0.2, 0) is 0 Å². The van der Waals surface area contributed by atoms with Gasteiger partial charge in [0, 0.05) is 17.5 Å². The molecule has 0 saturated heterocycles. The van der Waals surface area contributed by atoms with Crippen LogP contribution in [-0.4, -0.2) is 6.43 Å². The molecular weight excluding hydrogens is 208 g/mol. The van der Waals surface area contributed by atoms with Crippen LogP contribution in [0.2, 0.25) is 5.02 Å². The fourth-order valence-electron chi connectivity index (χ4n) is 1.17. The lowest BCUT2D eigenvalue weighted by atomic mass is 10.0. The van der Waals surface area contributed by atoms with E-state index in [1.807, 2.05) is 6.92 Å². The van der Waals surface area contributed by atoms with Crippen LogP contribution in [0.15, 0.2) is 18.2 Å². The van der Waals surface area contributed by atoms with Crippen LogP contribution >= 0.6 is 11.6 Å². The van der Waals surface area contributed by atoms with Gasteiger partial charge in [-0.15, -0.1) is 0 Å². The van der Waals surface area contributed by atoms with Crippen LogP contribution in [0.3, 0.4) is 0 Å². The maximum atomic E-state index is 12.0. The van der Waals surface area contributed by atoms with Gasteiger partial charge in [-0.1, -0.05) is 23.7 Å². The van der Waals surface area contributed by atoms with E-state index >= 15 is 0 Å². The Bertz CT molecular complexity index is 315. The van der Waals surface area contributed by atoms with Crippen molar-refractivity contribution in [1.82, 2.24) is 0 Å². The Balaban J connectivity index is 2.80. The van der Waals surface area contributed by atoms with Crippen LogP contribution in [0, 0.1) is 6.92 Å². The molecule has 0 amide bonds. The Morgan fingerprint density at radius 3 is 2.57 bits per heavy atom. The van der Waals surface area contributed by atoms with Gasteiger partial charge in [-0.05, 0) is 24.1 Å². The second-order valence-corrected chi connectivity index (χ2v) is 3.65. The quantitative estimate of drug-likeness (QED) is 0.830. The standard InChI is InChI=1S/C10H12ClF2N/c1-6-2-3-7(4-8(6)11)9(14)5-10(12)13/h2-4,9-10H,5,14H2,1H3/t9-/m0/s1. The van der Waals surface area contributed by atoms with Crippen molar-refractivity contribution in [2.45, 2.75) is 25.8 Å². The summed E-state index contributed by atoms with van der Waals surface area (Å²) in [5.74, 6) is 0. The first-order valence-electron chi connectivity index (χ1n) is 4.30. The second kappa shape index (κ2) is 4.71. The maximum absolute atomic E-state index is 12.0. The highest BCUT2D eigenvalue weighted by molar-refractivity contribution is 6.31. The minimum Gasteiger partial charge on any atom is -0.324 e. The molecule has 0 aliphatic carbocycles. The molecule has 0 saturated carbocycles. The van der Waals surface area contributed by atoms with Crippen molar-refractivity contribution in [2.75, 3.05) is 0 Å². The molecule has 4 heteroatoms. The lowest BCUT2D eigenvalue weighted by Gasteiger charge is -2.12. The van der Waals surface area contributed by atoms with Crippen LogP contribution in [0.4, 0.5) is 8.78 Å². The monoisotopic (exact) mass is 219 g/mol. The fourth-order valence-corrected chi connectivity index (χ4v) is 1.36. The highest BCUT2D eigenvalue weighted by Crippen LogP contribution is 2.23. The van der Waals surface area contributed by atoms with E-state index in [1.165, 1.54) is 0 Å². The van der Waals surface area contributed by atoms with Crippen molar-refractivity contribution in [3.8, 4) is 0 Å². The van der Waals surface area contributed by atoms with Gasteiger partial charge < -0.3 is 5.73 Å². The van der Waals surface area contributed by atoms with E-state index in [9.17, 15) is 8.78 Å². The second-order valence-electron chi connectivity index (χ2n) is 3.24. The molecule has 1 aromatic carbocycles. The number of rotatable bonds is 3. The smallest absolute Gasteiger partial charge is 0.240 e. The van der Waals surface area contributed by atoms with Gasteiger partial charge in [-0.3, -0.25) is 0 Å². The fraction of sp³-hybridized carbons (Fsp3) is 0.400. The molecule has 1 atom stereocenters. The van der Waals surface area contributed by atoms with Gasteiger partial charge in [0.15, 0.2) is 0 Å². The average Bonchev–Trinajstić information content (AvgIpc) is 2.08. The van der Waals surface area contributed by atoms with Crippen LogP contribution in [0.1, 0.15) is 23.6 Å². The zero-order valence-corrected chi connectivity index (χ0v) is 8.56. The molecule has 1 nitrogen and oxygen atoms in total. The van der Waals surface area contributed by atoms with E-state index in [4.69, 9.17) is 17.3 Å². The first-order valence-corrected chi connectivity index (χ1v) is 4.68. The topological polar surface area (TPSA) is 26.0 Å². The van der Waals surface area contributed by atoms with Crippen LogP contribution in [0.5, 0.6) is 0 Å². The molecule has 0 spiro atoms. The highest BCUT2D eigenvalue weighted by Gasteiger charge is 2.13. The van der Waals surface area contributed by atoms with E-state index in [0.29, 0.717) is 10.6 Å². The SMILES string of the molecule is Cc1ccc([C@@H](N)CC(F)F)cc1Cl. The summed E-state index contributed by atoms with van der Waals surface area (Å²) in [4.78, 5) is 0. The predicted molar refractivity (Wildman–Crippen MR) is 53.7 cm³/mol. The molecule has 0 radical (unpaired) electrons. The number of benzene rings is 1. The number of hydrogen-bond acceptors (Lipinski definition) is 1. The Morgan fingerprint density at radius 1 is 1.43 bits per heavy atom. The molecule has 14 heavy (non-hydrogen) atoms. The molecule has 0 aliphatic rings. The van der Waals surface area contributed by atoms with Gasteiger partial charge in [-0.25, -0.2) is 8.78 Å². The van der Waals surface area contributed by atoms with Gasteiger partial charge in [0.2, 0.25) is 6.43 Å². The van der Waals surface area contributed by atoms with Gasteiger partial charge in [0.05, 0.1) is 0 Å². The summed E-state index contributed by atoms with van der Waals surface area (Å²) in [5, 5.41) is 0.562. The first kappa shape index (κ1) is 11.4. The molecule has 2 N–H and O–H groups in total. The lowest BCUT2D eigenvalue weighted by Crippen LogP contribution is -2.13. The molecule has 0 fully saturated rings. The molecule has 0 unspecified atom stereocenters. The van der Waals surface area contributed by atoms with Crippen molar-refractivity contribution in [3.63, 3.8) is 0 Å². The molecule has 0 aliphatic heterocycles. The Labute approximate surface area is 86.9 Å². The molecule has 0 heterocycles. The third-order valence-electron chi connectivity index (χ3n) is 2.06. The van der Waals surface area contributed by atoms with E-state index in [0.717, 1.165) is 5.56 Å². The molecule has 0 aromatic heterocycles. The van der Waals surface area contributed by atoms with Crippen molar-refractivity contribution in [3.05, 3.63) is 34.3 Å². The number of halogens is 3. The third kappa shape index (κ3) is 2.93. The normalized spacial score (nSPS) is 13.3. The van der Waals surface area contributed by atoms with E-state index in [1.54, 1.807) is 18.2 Å². The van der Waals surface area contributed by atoms with Crippen LogP contribution < -0.4 is 5.73 Å². The molecule has 1 rings (SSSR count). The molecular formula is C10H12ClF2N. The lowest BCUT2D eigenvalue weighted by molar-refractivity contribution is 0.128. The highest BCUT2D eigenvalue weighted by atomic mass is 35.5. The first-order chi connectivity index (χ1) is 6.50. The summed E-state index contributed by atoms with van der Waals surface area (Å²) in [6, 6.07) is 4.51. The Hall–Kier alpha value is -0.670. The van der Waals surface area contributed by atoms with Gasteiger partial charge in [0.1, 0.15) is 0 Å². The number of nitrogens with two attached hydrogens (primary N) is 1. The van der Waals surface area contributed by atoms with Gasteiger partial charge in [0.25, 0.3) is 0 Å². The van der Waals surface area contributed by atoms with E-state index in [2.05, 4.69) is 0 Å². The number of hydrogen-bond donors (Lipinski definition) is 1. The molecule has 0 bridgehead atoms. The minimum atomic E-state index is -2.38. The van der Waals surface area contributed by atoms with Gasteiger partial charge >= 0.3 is 0 Å². The van der Waals surface area contributed by atoms with Crippen LogP contribution in [0.25, 0.3) is 0 Å². The molecule has 78 valence electrons. The third-order valence-corrected chi connectivity index (χ3v) is 2.46. The van der Waals surface area contributed by atoms with Crippen molar-refractivity contribution in [2.24, 2.45) is 5.73 Å². The van der Waals surface area contributed by atoms with Gasteiger partial charge in [-0.2, -0.15) is 0 Å². The van der Waals surface area contributed by atoms with Crippen molar-refractivity contribution >= 4 is 11.6 Å². The summed E-state index contributed by atoms with van der Waals surface area (Å²) in [7, 11) is 0. The number of aryl methyl sites for hydroxylation is 1. The average molecular weight is 220 g/mol.